The molecule has 0 bridgehead atoms. The van der Waals surface area contributed by atoms with Crippen molar-refractivity contribution in [2.75, 3.05) is 13.7 Å². The molecule has 0 amide bonds. The molecule has 1 aliphatic heterocycles. The van der Waals surface area contributed by atoms with Gasteiger partial charge in [0.15, 0.2) is 17.5 Å². The van der Waals surface area contributed by atoms with E-state index in [2.05, 4.69) is 15.3 Å². The number of nitrogens with zero attached hydrogens (tertiary/aromatic N) is 4. The molecule has 3 heterocycles. The van der Waals surface area contributed by atoms with Crippen LogP contribution >= 0.6 is 11.8 Å². The number of halogens is 5. The molecule has 0 spiro atoms. The maximum atomic E-state index is 14.2. The fourth-order valence-corrected chi connectivity index (χ4v) is 7.59. The summed E-state index contributed by atoms with van der Waals surface area (Å²) in [5.41, 5.74) is -1.43. The third-order valence-electron chi connectivity index (χ3n) is 8.35. The van der Waals surface area contributed by atoms with Crippen molar-refractivity contribution in [3.05, 3.63) is 65.4 Å². The zero-order valence-electron chi connectivity index (χ0n) is 23.9. The Hall–Kier alpha value is -2.69. The molecule has 2 fully saturated rings. The summed E-state index contributed by atoms with van der Waals surface area (Å²) >= 11 is 1.09. The van der Waals surface area contributed by atoms with Crippen molar-refractivity contribution < 1.29 is 46.7 Å². The number of hydrogen-bond donors (Lipinski definition) is 3. The van der Waals surface area contributed by atoms with Crippen LogP contribution in [0.4, 0.5) is 22.0 Å². The Bertz CT molecular complexity index is 1430. The Balaban J connectivity index is 1.52. The number of hydrogen-bond acceptors (Lipinski definition) is 9. The van der Waals surface area contributed by atoms with Gasteiger partial charge in [-0.1, -0.05) is 18.2 Å². The number of aliphatic hydroxyl groups excluding tert-OH is 2. The summed E-state index contributed by atoms with van der Waals surface area (Å²) in [5, 5.41) is 40.3. The van der Waals surface area contributed by atoms with E-state index in [1.165, 1.54) is 18.0 Å². The van der Waals surface area contributed by atoms with Gasteiger partial charge in [0.05, 0.1) is 29.3 Å². The van der Waals surface area contributed by atoms with Gasteiger partial charge in [-0.05, 0) is 43.0 Å². The average Bonchev–Trinajstić information content (AvgIpc) is 3.50. The Labute approximate surface area is 254 Å². The number of alkyl halides is 2. The second kappa shape index (κ2) is 13.0. The van der Waals surface area contributed by atoms with Gasteiger partial charge in [0.1, 0.15) is 35.5 Å². The van der Waals surface area contributed by atoms with Crippen LogP contribution in [0.25, 0.3) is 11.3 Å². The van der Waals surface area contributed by atoms with E-state index < -0.39 is 83.5 Å². The molecular formula is C29H33F5N4O5S. The van der Waals surface area contributed by atoms with Gasteiger partial charge in [-0.15, -0.1) is 16.9 Å². The van der Waals surface area contributed by atoms with E-state index in [0.717, 1.165) is 29.5 Å². The summed E-state index contributed by atoms with van der Waals surface area (Å²) in [4.78, 5) is 4.53. The van der Waals surface area contributed by atoms with Gasteiger partial charge in [-0.25, -0.2) is 26.6 Å². The lowest BCUT2D eigenvalue weighted by molar-refractivity contribution is -0.186. The molecule has 15 heteroatoms. The highest BCUT2D eigenvalue weighted by Crippen LogP contribution is 2.53. The van der Waals surface area contributed by atoms with Gasteiger partial charge in [0.25, 0.3) is 0 Å². The van der Waals surface area contributed by atoms with Crippen LogP contribution in [-0.4, -0.2) is 84.3 Å². The second-order valence-corrected chi connectivity index (χ2v) is 12.3. The minimum atomic E-state index is -2.91. The van der Waals surface area contributed by atoms with Gasteiger partial charge in [-0.3, -0.25) is 4.98 Å². The number of ether oxygens (including phenoxy) is 2. The van der Waals surface area contributed by atoms with Crippen LogP contribution < -0.4 is 0 Å². The van der Waals surface area contributed by atoms with Crippen LogP contribution in [-0.2, 0) is 15.9 Å². The molecule has 0 unspecified atom stereocenters. The summed E-state index contributed by atoms with van der Waals surface area (Å²) in [5.74, 6) is -7.38. The predicted octanol–water partition coefficient (Wildman–Crippen LogP) is 4.37. The van der Waals surface area contributed by atoms with Crippen LogP contribution in [0.3, 0.4) is 0 Å². The van der Waals surface area contributed by atoms with Gasteiger partial charge in [0.2, 0.25) is 5.92 Å². The van der Waals surface area contributed by atoms with Crippen LogP contribution in [0.1, 0.15) is 55.2 Å². The molecule has 9 nitrogen and oxygen atoms in total. The van der Waals surface area contributed by atoms with E-state index in [4.69, 9.17) is 9.47 Å². The first-order valence-electron chi connectivity index (χ1n) is 14.1. The van der Waals surface area contributed by atoms with E-state index in [0.29, 0.717) is 12.1 Å². The van der Waals surface area contributed by atoms with Crippen molar-refractivity contribution in [3.63, 3.8) is 0 Å². The molecule has 2 aliphatic rings. The molecule has 5 rings (SSSR count). The topological polar surface area (TPSA) is 123 Å². The molecule has 44 heavy (non-hydrogen) atoms. The third-order valence-corrected chi connectivity index (χ3v) is 9.93. The van der Waals surface area contributed by atoms with E-state index >= 15 is 0 Å². The SMILES string of the molecule is CCc1cccnc1[C@@H](S[C@@H]1O[C@H](CO)[C@H](O)[C@H](n2cc(-c3cc(F)c(F)c(F)c3)nn2)[C@H]1OC)C1(O)CCC(F)(F)CC1. The molecule has 1 saturated heterocycles. The summed E-state index contributed by atoms with van der Waals surface area (Å²) in [6.07, 6.45) is -1.62. The Morgan fingerprint density at radius 1 is 1.16 bits per heavy atom. The number of aliphatic hydroxyl groups is 3. The van der Waals surface area contributed by atoms with Crippen molar-refractivity contribution in [2.45, 2.75) is 85.6 Å². The van der Waals surface area contributed by atoms with Crippen molar-refractivity contribution in [2.24, 2.45) is 0 Å². The summed E-state index contributed by atoms with van der Waals surface area (Å²) < 4.78 is 82.8. The predicted molar refractivity (Wildman–Crippen MR) is 149 cm³/mol. The first-order valence-corrected chi connectivity index (χ1v) is 15.1. The summed E-state index contributed by atoms with van der Waals surface area (Å²) in [7, 11) is 1.35. The first-order chi connectivity index (χ1) is 20.9. The van der Waals surface area contributed by atoms with Gasteiger partial charge in [-0.2, -0.15) is 0 Å². The highest BCUT2D eigenvalue weighted by molar-refractivity contribution is 8.00. The van der Waals surface area contributed by atoms with Crippen LogP contribution in [0.5, 0.6) is 0 Å². The molecule has 1 saturated carbocycles. The number of benzene rings is 1. The Kier molecular flexibility index (Phi) is 9.64. The quantitative estimate of drug-likeness (QED) is 0.230. The molecule has 0 radical (unpaired) electrons. The standard InChI is InChI=1S/C29H33F5N4O5S/c1-3-15-5-4-10-35-22(15)26(28(41)6-8-29(33,34)9-7-28)44-27-25(42-2)23(24(40)20(14-39)43-27)38-13-19(36-37-38)16-11-17(30)21(32)18(31)12-16/h4-5,10-13,20,23-27,39-41H,3,6-9,14H2,1-2H3/t20-,23+,24+,25-,26-,27+/m1/s1. The first kappa shape index (κ1) is 32.7. The lowest BCUT2D eigenvalue weighted by Crippen LogP contribution is -2.56. The maximum absolute atomic E-state index is 14.2. The smallest absolute Gasteiger partial charge is 0.248 e. The van der Waals surface area contributed by atoms with Gasteiger partial charge in [0, 0.05) is 31.7 Å². The van der Waals surface area contributed by atoms with Crippen molar-refractivity contribution in [3.8, 4) is 11.3 Å². The normalized spacial score (nSPS) is 27.3. The lowest BCUT2D eigenvalue weighted by Gasteiger charge is -2.47. The summed E-state index contributed by atoms with van der Waals surface area (Å²) in [6.45, 7) is 1.29. The van der Waals surface area contributed by atoms with Crippen molar-refractivity contribution in [1.29, 1.82) is 0 Å². The minimum absolute atomic E-state index is 0.0301. The van der Waals surface area contributed by atoms with E-state index in [1.807, 2.05) is 13.0 Å². The molecule has 240 valence electrons. The number of thioether (sulfide) groups is 1. The highest BCUT2D eigenvalue weighted by Gasteiger charge is 2.53. The maximum Gasteiger partial charge on any atom is 0.248 e. The molecule has 2 aromatic heterocycles. The molecule has 6 atom stereocenters. The van der Waals surface area contributed by atoms with Gasteiger partial charge < -0.3 is 24.8 Å². The van der Waals surface area contributed by atoms with Crippen LogP contribution in [0.2, 0.25) is 0 Å². The number of aryl methyl sites for hydroxylation is 1. The largest absolute Gasteiger partial charge is 0.394 e. The molecule has 3 aromatic rings. The zero-order chi connectivity index (χ0) is 31.8. The number of aromatic nitrogens is 4. The average molecular weight is 645 g/mol. The lowest BCUT2D eigenvalue weighted by atomic mass is 9.78. The summed E-state index contributed by atoms with van der Waals surface area (Å²) in [6, 6.07) is 4.03. The molecular weight excluding hydrogens is 611 g/mol. The number of methoxy groups -OCH3 is 1. The Morgan fingerprint density at radius 3 is 2.45 bits per heavy atom. The van der Waals surface area contributed by atoms with Gasteiger partial charge >= 0.3 is 0 Å². The zero-order valence-corrected chi connectivity index (χ0v) is 24.7. The van der Waals surface area contributed by atoms with Crippen LogP contribution in [0.15, 0.2) is 36.7 Å². The third kappa shape index (κ3) is 6.35. The van der Waals surface area contributed by atoms with Crippen molar-refractivity contribution in [1.82, 2.24) is 20.0 Å². The number of pyridine rings is 1. The molecule has 3 N–H and O–H groups in total. The van der Waals surface area contributed by atoms with E-state index in [-0.39, 0.29) is 24.1 Å². The van der Waals surface area contributed by atoms with E-state index in [1.54, 1.807) is 12.3 Å². The highest BCUT2D eigenvalue weighted by atomic mass is 32.2. The molecule has 1 aromatic carbocycles. The van der Waals surface area contributed by atoms with E-state index in [9.17, 15) is 37.3 Å². The minimum Gasteiger partial charge on any atom is -0.394 e. The fraction of sp³-hybridized carbons (Fsp3) is 0.552. The second-order valence-electron chi connectivity index (χ2n) is 11.1. The molecule has 1 aliphatic carbocycles. The van der Waals surface area contributed by atoms with Crippen molar-refractivity contribution >= 4 is 11.8 Å². The van der Waals surface area contributed by atoms with Crippen LogP contribution in [0, 0.1) is 17.5 Å². The Morgan fingerprint density at radius 2 is 1.84 bits per heavy atom. The number of rotatable bonds is 9. The fourth-order valence-electron chi connectivity index (χ4n) is 5.86. The monoisotopic (exact) mass is 644 g/mol.